The van der Waals surface area contributed by atoms with Crippen molar-refractivity contribution >= 4 is 5.91 Å². The molecule has 25 heavy (non-hydrogen) atoms. The van der Waals surface area contributed by atoms with Crippen LogP contribution < -0.4 is 5.32 Å². The molecule has 10 atom stereocenters. The van der Waals surface area contributed by atoms with Crippen molar-refractivity contribution in [2.24, 2.45) is 0 Å². The molecule has 2 rings (SSSR count). The van der Waals surface area contributed by atoms with Crippen LogP contribution in [0.4, 0.5) is 0 Å². The van der Waals surface area contributed by atoms with E-state index in [1.807, 2.05) is 0 Å². The van der Waals surface area contributed by atoms with Gasteiger partial charge in [-0.25, -0.2) is 0 Å². The highest BCUT2D eigenvalue weighted by Gasteiger charge is 2.50. The Hall–Kier alpha value is -0.890. The van der Waals surface area contributed by atoms with Crippen molar-refractivity contribution in [3.8, 4) is 0 Å². The number of nitrogens with one attached hydrogen (secondary N) is 1. The fourth-order valence-corrected chi connectivity index (χ4v) is 2.92. The molecule has 1 amide bonds. The summed E-state index contributed by atoms with van der Waals surface area (Å²) in [5, 5.41) is 61.5. The standard InChI is InChI=1S/C14H25NO10/c1-4-8(18)10(20)11(21)14(23-4)25-12-6(3-16)24-13(22)7(9(12)19)15-5(2)17/h4,6-14,16,18-22H,3H2,1-2H3,(H,15,17)/t4-,6-,7-,8+,9-,10+,11-,12-,13+,14+/m1/s1. The molecule has 0 aromatic carbocycles. The third kappa shape index (κ3) is 4.27. The Morgan fingerprint density at radius 2 is 1.68 bits per heavy atom. The Kier molecular flexibility index (Phi) is 6.70. The van der Waals surface area contributed by atoms with Gasteiger partial charge in [-0.2, -0.15) is 0 Å². The summed E-state index contributed by atoms with van der Waals surface area (Å²) in [4.78, 5) is 11.2. The predicted octanol–water partition coefficient (Wildman–Crippen LogP) is -4.23. The minimum atomic E-state index is -1.62. The smallest absolute Gasteiger partial charge is 0.217 e. The largest absolute Gasteiger partial charge is 0.394 e. The van der Waals surface area contributed by atoms with Gasteiger partial charge in [0.2, 0.25) is 5.91 Å². The number of amides is 1. The highest BCUT2D eigenvalue weighted by Crippen LogP contribution is 2.28. The molecule has 0 radical (unpaired) electrons. The lowest BCUT2D eigenvalue weighted by Gasteiger charge is -2.46. The molecule has 11 nitrogen and oxygen atoms in total. The lowest BCUT2D eigenvalue weighted by Crippen LogP contribution is -2.66. The Bertz CT molecular complexity index is 465. The van der Waals surface area contributed by atoms with Crippen LogP contribution in [0.1, 0.15) is 13.8 Å². The number of carbonyl (C=O) groups excluding carboxylic acids is 1. The average molecular weight is 367 g/mol. The summed E-state index contributed by atoms with van der Waals surface area (Å²) >= 11 is 0. The zero-order valence-electron chi connectivity index (χ0n) is 13.8. The zero-order valence-corrected chi connectivity index (χ0v) is 13.8. The Balaban J connectivity index is 2.15. The molecule has 11 heteroatoms. The molecule has 0 aromatic heterocycles. The van der Waals surface area contributed by atoms with E-state index in [2.05, 4.69) is 5.32 Å². The maximum Gasteiger partial charge on any atom is 0.217 e. The molecule has 0 aliphatic carbocycles. The normalized spacial score (nSPS) is 48.2. The Morgan fingerprint density at radius 1 is 1.04 bits per heavy atom. The summed E-state index contributed by atoms with van der Waals surface area (Å²) < 4.78 is 15.9. The van der Waals surface area contributed by atoms with Gasteiger partial charge in [0.1, 0.15) is 42.7 Å². The van der Waals surface area contributed by atoms with Gasteiger partial charge in [-0.05, 0) is 6.92 Å². The molecule has 2 saturated heterocycles. The summed E-state index contributed by atoms with van der Waals surface area (Å²) in [5.74, 6) is -0.533. The van der Waals surface area contributed by atoms with E-state index in [1.165, 1.54) is 13.8 Å². The quantitative estimate of drug-likeness (QED) is 0.257. The molecule has 0 aromatic rings. The summed E-state index contributed by atoms with van der Waals surface area (Å²) in [7, 11) is 0. The zero-order chi connectivity index (χ0) is 18.9. The van der Waals surface area contributed by atoms with Gasteiger partial charge in [0.25, 0.3) is 0 Å². The van der Waals surface area contributed by atoms with E-state index < -0.39 is 73.9 Å². The molecule has 2 aliphatic heterocycles. The lowest BCUT2D eigenvalue weighted by molar-refractivity contribution is -0.341. The van der Waals surface area contributed by atoms with Crippen LogP contribution >= 0.6 is 0 Å². The van der Waals surface area contributed by atoms with E-state index in [4.69, 9.17) is 14.2 Å². The molecule has 2 aliphatic rings. The van der Waals surface area contributed by atoms with Crippen molar-refractivity contribution in [1.29, 1.82) is 0 Å². The predicted molar refractivity (Wildman–Crippen MR) is 78.8 cm³/mol. The SMILES string of the molecule is CC(=O)N[C@@H]1[C@@H](O)[C@H](O[C@@H]2O[C@H](C)[C@H](O)[C@H](O)[C@H]2O)[C@@H](CO)O[C@@H]1O. The Morgan fingerprint density at radius 3 is 2.24 bits per heavy atom. The van der Waals surface area contributed by atoms with E-state index in [9.17, 15) is 35.4 Å². The van der Waals surface area contributed by atoms with Gasteiger partial charge in [-0.15, -0.1) is 0 Å². The number of carbonyl (C=O) groups is 1. The van der Waals surface area contributed by atoms with Gasteiger partial charge < -0.3 is 50.2 Å². The maximum atomic E-state index is 11.2. The summed E-state index contributed by atoms with van der Waals surface area (Å²) in [6.45, 7) is 2.01. The fraction of sp³-hybridized carbons (Fsp3) is 0.929. The first-order chi connectivity index (χ1) is 11.7. The molecule has 7 N–H and O–H groups in total. The second kappa shape index (κ2) is 8.20. The molecule has 0 saturated carbocycles. The van der Waals surface area contributed by atoms with Crippen LogP contribution in [0.5, 0.6) is 0 Å². The van der Waals surface area contributed by atoms with Crippen molar-refractivity contribution in [1.82, 2.24) is 5.32 Å². The van der Waals surface area contributed by atoms with E-state index >= 15 is 0 Å². The van der Waals surface area contributed by atoms with Crippen LogP contribution in [-0.4, -0.2) is 105 Å². The number of aliphatic hydroxyl groups excluding tert-OH is 6. The molecule has 2 fully saturated rings. The first kappa shape index (κ1) is 20.4. The molecular weight excluding hydrogens is 342 g/mol. The minimum Gasteiger partial charge on any atom is -0.394 e. The van der Waals surface area contributed by atoms with Crippen LogP contribution in [0.2, 0.25) is 0 Å². The number of ether oxygens (including phenoxy) is 3. The third-order valence-corrected chi connectivity index (χ3v) is 4.34. The second-order valence-electron chi connectivity index (χ2n) is 6.25. The highest BCUT2D eigenvalue weighted by molar-refractivity contribution is 5.73. The van der Waals surface area contributed by atoms with E-state index in [1.54, 1.807) is 0 Å². The minimum absolute atomic E-state index is 0.533. The molecule has 146 valence electrons. The van der Waals surface area contributed by atoms with Crippen LogP contribution in [0, 0.1) is 0 Å². The van der Waals surface area contributed by atoms with Crippen molar-refractivity contribution < 1.29 is 49.6 Å². The Labute approximate surface area is 143 Å². The summed E-state index contributed by atoms with van der Waals surface area (Å²) in [5.41, 5.74) is 0. The first-order valence-electron chi connectivity index (χ1n) is 7.92. The number of aliphatic hydroxyl groups is 6. The van der Waals surface area contributed by atoms with Gasteiger partial charge in [-0.1, -0.05) is 0 Å². The van der Waals surface area contributed by atoms with E-state index in [0.29, 0.717) is 0 Å². The highest BCUT2D eigenvalue weighted by atomic mass is 16.7. The average Bonchev–Trinajstić information content (AvgIpc) is 2.56. The fourth-order valence-electron chi connectivity index (χ4n) is 2.92. The van der Waals surface area contributed by atoms with Crippen molar-refractivity contribution in [3.05, 3.63) is 0 Å². The van der Waals surface area contributed by atoms with Gasteiger partial charge >= 0.3 is 0 Å². The number of hydrogen-bond acceptors (Lipinski definition) is 10. The van der Waals surface area contributed by atoms with Gasteiger partial charge in [0, 0.05) is 6.92 Å². The molecule has 0 spiro atoms. The summed E-state index contributed by atoms with van der Waals surface area (Å²) in [6.07, 6.45) is -12.3. The van der Waals surface area contributed by atoms with Gasteiger partial charge in [-0.3, -0.25) is 4.79 Å². The first-order valence-corrected chi connectivity index (χ1v) is 7.92. The van der Waals surface area contributed by atoms with Crippen molar-refractivity contribution in [2.75, 3.05) is 6.61 Å². The van der Waals surface area contributed by atoms with Crippen LogP contribution in [0.15, 0.2) is 0 Å². The van der Waals surface area contributed by atoms with Crippen molar-refractivity contribution in [2.45, 2.75) is 75.2 Å². The van der Waals surface area contributed by atoms with Crippen molar-refractivity contribution in [3.63, 3.8) is 0 Å². The van der Waals surface area contributed by atoms with Crippen LogP contribution in [0.25, 0.3) is 0 Å². The number of hydrogen-bond donors (Lipinski definition) is 7. The second-order valence-corrected chi connectivity index (χ2v) is 6.25. The molecule has 2 heterocycles. The van der Waals surface area contributed by atoms with Crippen LogP contribution in [-0.2, 0) is 19.0 Å². The lowest BCUT2D eigenvalue weighted by atomic mass is 9.95. The molecule has 0 bridgehead atoms. The molecule has 0 unspecified atom stereocenters. The van der Waals surface area contributed by atoms with Gasteiger partial charge in [0.15, 0.2) is 12.6 Å². The third-order valence-electron chi connectivity index (χ3n) is 4.34. The molecular formula is C14H25NO10. The van der Waals surface area contributed by atoms with Crippen LogP contribution in [0.3, 0.4) is 0 Å². The van der Waals surface area contributed by atoms with E-state index in [-0.39, 0.29) is 0 Å². The monoisotopic (exact) mass is 367 g/mol. The topological polar surface area (TPSA) is 178 Å². The summed E-state index contributed by atoms with van der Waals surface area (Å²) in [6, 6.07) is -1.24. The number of rotatable bonds is 4. The maximum absolute atomic E-state index is 11.2. The van der Waals surface area contributed by atoms with Gasteiger partial charge in [0.05, 0.1) is 12.7 Å². The van der Waals surface area contributed by atoms with E-state index in [0.717, 1.165) is 0 Å².